The number of aryl methyl sites for hydroxylation is 1. The minimum Gasteiger partial charge on any atom is -0.384 e. The van der Waals surface area contributed by atoms with Crippen LogP contribution in [-0.2, 0) is 13.5 Å². The van der Waals surface area contributed by atoms with Crippen molar-refractivity contribution >= 4 is 5.82 Å². The van der Waals surface area contributed by atoms with Gasteiger partial charge in [-0.1, -0.05) is 13.3 Å². The number of halogens is 1. The normalized spacial score (nSPS) is 10.8. The van der Waals surface area contributed by atoms with E-state index in [0.717, 1.165) is 24.1 Å². The second kappa shape index (κ2) is 4.53. The number of aromatic nitrogens is 3. The molecular weight excluding hydrogens is 219 g/mol. The van der Waals surface area contributed by atoms with E-state index >= 15 is 0 Å². The van der Waals surface area contributed by atoms with Crippen molar-refractivity contribution in [2.24, 2.45) is 7.05 Å². The molecule has 0 fully saturated rings. The quantitative estimate of drug-likeness (QED) is 0.885. The maximum Gasteiger partial charge on any atom is 0.142 e. The number of nitrogen functional groups attached to an aromatic ring is 1. The van der Waals surface area contributed by atoms with Crippen LogP contribution >= 0.6 is 0 Å². The molecule has 4 nitrogen and oxygen atoms in total. The Morgan fingerprint density at radius 3 is 2.82 bits per heavy atom. The highest BCUT2D eigenvalue weighted by Crippen LogP contribution is 2.27. The number of hydrogen-bond donors (Lipinski definition) is 1. The Morgan fingerprint density at radius 1 is 1.41 bits per heavy atom. The largest absolute Gasteiger partial charge is 0.384 e. The van der Waals surface area contributed by atoms with E-state index in [1.807, 2.05) is 0 Å². The van der Waals surface area contributed by atoms with E-state index in [4.69, 9.17) is 5.73 Å². The van der Waals surface area contributed by atoms with Crippen LogP contribution in [0.4, 0.5) is 10.2 Å². The lowest BCUT2D eigenvalue weighted by Crippen LogP contribution is -1.99. The van der Waals surface area contributed by atoms with E-state index < -0.39 is 0 Å². The first kappa shape index (κ1) is 11.6. The fourth-order valence-electron chi connectivity index (χ4n) is 1.85. The predicted molar refractivity (Wildman–Crippen MR) is 64.8 cm³/mol. The van der Waals surface area contributed by atoms with Crippen molar-refractivity contribution in [3.8, 4) is 11.3 Å². The van der Waals surface area contributed by atoms with Gasteiger partial charge in [-0.3, -0.25) is 9.67 Å². The Kier molecular flexibility index (Phi) is 3.08. The van der Waals surface area contributed by atoms with E-state index in [-0.39, 0.29) is 5.82 Å². The molecule has 0 aliphatic heterocycles. The molecule has 0 radical (unpaired) electrons. The second-order valence-corrected chi connectivity index (χ2v) is 3.98. The summed E-state index contributed by atoms with van der Waals surface area (Å²) >= 11 is 0. The fourth-order valence-corrected chi connectivity index (χ4v) is 1.85. The van der Waals surface area contributed by atoms with Gasteiger partial charge in [0.25, 0.3) is 0 Å². The van der Waals surface area contributed by atoms with Crippen LogP contribution in [0.5, 0.6) is 0 Å². The third-order valence-corrected chi connectivity index (χ3v) is 2.67. The van der Waals surface area contributed by atoms with Crippen molar-refractivity contribution in [2.75, 3.05) is 5.73 Å². The lowest BCUT2D eigenvalue weighted by atomic mass is 10.1. The van der Waals surface area contributed by atoms with Crippen molar-refractivity contribution in [3.63, 3.8) is 0 Å². The minimum atomic E-state index is -0.367. The van der Waals surface area contributed by atoms with E-state index in [2.05, 4.69) is 17.0 Å². The van der Waals surface area contributed by atoms with Gasteiger partial charge < -0.3 is 5.73 Å². The molecule has 0 amide bonds. The number of nitrogens with two attached hydrogens (primary N) is 1. The van der Waals surface area contributed by atoms with Gasteiger partial charge in [-0.15, -0.1) is 0 Å². The standard InChI is InChI=1S/C12H15FN4/c1-3-4-10-11(16-17(2)12(10)14)8-5-9(13)7-15-6-8/h5-7H,3-4,14H2,1-2H3. The molecule has 90 valence electrons. The monoisotopic (exact) mass is 234 g/mol. The molecule has 2 N–H and O–H groups in total. The van der Waals surface area contributed by atoms with Crippen LogP contribution < -0.4 is 5.73 Å². The molecule has 0 bridgehead atoms. The highest BCUT2D eigenvalue weighted by molar-refractivity contribution is 5.67. The van der Waals surface area contributed by atoms with Gasteiger partial charge >= 0.3 is 0 Å². The maximum atomic E-state index is 13.1. The predicted octanol–water partition coefficient (Wildman–Crippen LogP) is 2.16. The summed E-state index contributed by atoms with van der Waals surface area (Å²) in [6.45, 7) is 2.07. The molecule has 0 aromatic carbocycles. The summed E-state index contributed by atoms with van der Waals surface area (Å²) in [5.74, 6) is 0.264. The van der Waals surface area contributed by atoms with Gasteiger partial charge in [-0.05, 0) is 12.5 Å². The molecule has 2 aromatic rings. The molecule has 0 spiro atoms. The summed E-state index contributed by atoms with van der Waals surface area (Å²) in [6.07, 6.45) is 4.57. The van der Waals surface area contributed by atoms with Crippen LogP contribution in [0.15, 0.2) is 18.5 Å². The first-order chi connectivity index (χ1) is 8.13. The van der Waals surface area contributed by atoms with Crippen molar-refractivity contribution in [1.29, 1.82) is 0 Å². The minimum absolute atomic E-state index is 0.367. The zero-order valence-electron chi connectivity index (χ0n) is 9.94. The Balaban J connectivity index is 2.55. The van der Waals surface area contributed by atoms with Gasteiger partial charge in [-0.2, -0.15) is 5.10 Å². The van der Waals surface area contributed by atoms with Gasteiger partial charge in [0, 0.05) is 24.4 Å². The van der Waals surface area contributed by atoms with Gasteiger partial charge in [0.15, 0.2) is 0 Å². The molecule has 2 aromatic heterocycles. The van der Waals surface area contributed by atoms with Crippen molar-refractivity contribution in [1.82, 2.24) is 14.8 Å². The number of anilines is 1. The van der Waals surface area contributed by atoms with Gasteiger partial charge in [0.05, 0.1) is 11.9 Å². The van der Waals surface area contributed by atoms with E-state index in [0.29, 0.717) is 11.4 Å². The molecule has 5 heteroatoms. The van der Waals surface area contributed by atoms with Crippen molar-refractivity contribution in [3.05, 3.63) is 29.8 Å². The SMILES string of the molecule is CCCc1c(-c2cncc(F)c2)nn(C)c1N. The van der Waals surface area contributed by atoms with E-state index in [1.165, 1.54) is 12.3 Å². The fraction of sp³-hybridized carbons (Fsp3) is 0.333. The number of nitrogens with zero attached hydrogens (tertiary/aromatic N) is 3. The summed E-state index contributed by atoms with van der Waals surface area (Å²) < 4.78 is 14.8. The highest BCUT2D eigenvalue weighted by atomic mass is 19.1. The average Bonchev–Trinajstić information content (AvgIpc) is 2.58. The maximum absolute atomic E-state index is 13.1. The zero-order valence-corrected chi connectivity index (χ0v) is 9.94. The Labute approximate surface area is 99.3 Å². The van der Waals surface area contributed by atoms with Crippen LogP contribution in [0.1, 0.15) is 18.9 Å². The first-order valence-electron chi connectivity index (χ1n) is 5.55. The molecule has 0 saturated heterocycles. The van der Waals surface area contributed by atoms with Gasteiger partial charge in [0.1, 0.15) is 11.6 Å². The Bertz CT molecular complexity index is 533. The van der Waals surface area contributed by atoms with Gasteiger partial charge in [0.2, 0.25) is 0 Å². The van der Waals surface area contributed by atoms with Crippen LogP contribution in [0.25, 0.3) is 11.3 Å². The second-order valence-electron chi connectivity index (χ2n) is 3.98. The molecule has 0 saturated carbocycles. The van der Waals surface area contributed by atoms with Crippen LogP contribution in [0, 0.1) is 5.82 Å². The molecule has 2 rings (SSSR count). The zero-order chi connectivity index (χ0) is 12.4. The highest BCUT2D eigenvalue weighted by Gasteiger charge is 2.15. The average molecular weight is 234 g/mol. The Hall–Kier alpha value is -1.91. The topological polar surface area (TPSA) is 56.7 Å². The molecule has 0 aliphatic rings. The molecule has 0 aliphatic carbocycles. The molecular formula is C12H15FN4. The Morgan fingerprint density at radius 2 is 2.18 bits per heavy atom. The molecule has 0 atom stereocenters. The summed E-state index contributed by atoms with van der Waals surface area (Å²) in [5.41, 5.74) is 8.30. The van der Waals surface area contributed by atoms with Crippen molar-refractivity contribution < 1.29 is 4.39 Å². The lowest BCUT2D eigenvalue weighted by Gasteiger charge is -2.01. The summed E-state index contributed by atoms with van der Waals surface area (Å²) in [7, 11) is 1.78. The number of pyridine rings is 1. The summed E-state index contributed by atoms with van der Waals surface area (Å²) in [6, 6.07) is 1.42. The first-order valence-corrected chi connectivity index (χ1v) is 5.55. The third kappa shape index (κ3) is 2.13. The van der Waals surface area contributed by atoms with Gasteiger partial charge in [-0.25, -0.2) is 4.39 Å². The van der Waals surface area contributed by atoms with Crippen LogP contribution in [0.3, 0.4) is 0 Å². The summed E-state index contributed by atoms with van der Waals surface area (Å²) in [4.78, 5) is 3.84. The van der Waals surface area contributed by atoms with E-state index in [1.54, 1.807) is 17.9 Å². The molecule has 0 unspecified atom stereocenters. The lowest BCUT2D eigenvalue weighted by molar-refractivity contribution is 0.622. The van der Waals surface area contributed by atoms with Crippen LogP contribution in [0.2, 0.25) is 0 Å². The number of hydrogen-bond acceptors (Lipinski definition) is 3. The van der Waals surface area contributed by atoms with Crippen LogP contribution in [-0.4, -0.2) is 14.8 Å². The summed E-state index contributed by atoms with van der Waals surface area (Å²) in [5, 5.41) is 4.33. The number of rotatable bonds is 3. The molecule has 2 heterocycles. The van der Waals surface area contributed by atoms with E-state index in [9.17, 15) is 4.39 Å². The molecule has 17 heavy (non-hydrogen) atoms. The third-order valence-electron chi connectivity index (χ3n) is 2.67. The van der Waals surface area contributed by atoms with Crippen molar-refractivity contribution in [2.45, 2.75) is 19.8 Å². The smallest absolute Gasteiger partial charge is 0.142 e.